The van der Waals surface area contributed by atoms with E-state index in [1.807, 2.05) is 32.9 Å². The molecule has 5 heteroatoms. The lowest BCUT2D eigenvalue weighted by atomic mass is 9.94. The van der Waals surface area contributed by atoms with Gasteiger partial charge in [0.15, 0.2) is 0 Å². The number of hydrogen-bond acceptors (Lipinski definition) is 5. The summed E-state index contributed by atoms with van der Waals surface area (Å²) in [5.74, 6) is 1.15. The second kappa shape index (κ2) is 10.0. The van der Waals surface area contributed by atoms with Gasteiger partial charge in [0.25, 0.3) is 0 Å². The maximum Gasteiger partial charge on any atom is 0.347 e. The minimum atomic E-state index is -0.480. The molecule has 0 N–H and O–H groups in total. The van der Waals surface area contributed by atoms with Crippen molar-refractivity contribution >= 4 is 17.7 Å². The molecule has 0 aliphatic rings. The lowest BCUT2D eigenvalue weighted by molar-refractivity contribution is -0.134. The lowest BCUT2D eigenvalue weighted by Crippen LogP contribution is -2.14. The number of ether oxygens (including phenoxy) is 1. The van der Waals surface area contributed by atoms with Crippen molar-refractivity contribution in [1.29, 1.82) is 0 Å². The smallest absolute Gasteiger partial charge is 0.347 e. The molecule has 0 fully saturated rings. The van der Waals surface area contributed by atoms with Crippen LogP contribution in [0.1, 0.15) is 41.4 Å². The van der Waals surface area contributed by atoms with Crippen molar-refractivity contribution in [3.8, 4) is 16.9 Å². The van der Waals surface area contributed by atoms with Crippen LogP contribution in [-0.2, 0) is 11.2 Å². The summed E-state index contributed by atoms with van der Waals surface area (Å²) in [5.41, 5.74) is 4.81. The molecule has 0 atom stereocenters. The van der Waals surface area contributed by atoms with E-state index in [2.05, 4.69) is 31.2 Å². The summed E-state index contributed by atoms with van der Waals surface area (Å²) in [6.45, 7) is 9.70. The van der Waals surface area contributed by atoms with E-state index in [1.165, 1.54) is 5.56 Å². The Morgan fingerprint density at radius 2 is 1.58 bits per heavy atom. The van der Waals surface area contributed by atoms with Crippen molar-refractivity contribution < 1.29 is 13.9 Å². The molecular formula is C26H28O4S. The van der Waals surface area contributed by atoms with E-state index in [4.69, 9.17) is 9.15 Å². The zero-order valence-electron chi connectivity index (χ0n) is 18.7. The monoisotopic (exact) mass is 436 g/mol. The minimum Gasteiger partial charge on any atom is -0.427 e. The van der Waals surface area contributed by atoms with Gasteiger partial charge in [-0.1, -0.05) is 42.3 Å². The minimum absolute atomic E-state index is 0.226. The largest absolute Gasteiger partial charge is 0.427 e. The number of esters is 1. The van der Waals surface area contributed by atoms with Gasteiger partial charge in [-0.2, -0.15) is 0 Å². The van der Waals surface area contributed by atoms with Gasteiger partial charge >= 0.3 is 11.6 Å². The van der Waals surface area contributed by atoms with E-state index in [1.54, 1.807) is 24.8 Å². The van der Waals surface area contributed by atoms with Gasteiger partial charge in [0.2, 0.25) is 0 Å². The van der Waals surface area contributed by atoms with Crippen LogP contribution in [0.5, 0.6) is 5.75 Å². The van der Waals surface area contributed by atoms with Gasteiger partial charge in [-0.25, -0.2) is 4.79 Å². The highest BCUT2D eigenvalue weighted by Gasteiger charge is 2.21. The highest BCUT2D eigenvalue weighted by Crippen LogP contribution is 2.34. The number of hydrogen-bond donors (Lipinski definition) is 0. The zero-order chi connectivity index (χ0) is 22.5. The first-order chi connectivity index (χ1) is 14.8. The Kier molecular flexibility index (Phi) is 7.39. The van der Waals surface area contributed by atoms with Crippen molar-refractivity contribution in [2.45, 2.75) is 52.4 Å². The Morgan fingerprint density at radius 3 is 2.19 bits per heavy atom. The molecular weight excluding hydrogens is 408 g/mol. The van der Waals surface area contributed by atoms with Crippen LogP contribution in [0.4, 0.5) is 0 Å². The third-order valence-corrected chi connectivity index (χ3v) is 6.06. The summed E-state index contributed by atoms with van der Waals surface area (Å²) in [6.07, 6.45) is 0.779. The average Bonchev–Trinajstić information content (AvgIpc) is 2.70. The Labute approximate surface area is 187 Å². The Balaban J connectivity index is 1.94. The van der Waals surface area contributed by atoms with Gasteiger partial charge < -0.3 is 9.15 Å². The fourth-order valence-electron chi connectivity index (χ4n) is 3.62. The van der Waals surface area contributed by atoms with Crippen molar-refractivity contribution in [2.75, 3.05) is 5.75 Å². The van der Waals surface area contributed by atoms with E-state index < -0.39 is 5.63 Å². The van der Waals surface area contributed by atoms with Crippen molar-refractivity contribution in [1.82, 2.24) is 0 Å². The standard InChI is InChI=1S/C26H28O4S/c1-6-23(27)30-22-15-20(11-12-31-21-9-7-16(2)8-10-21)29-26(28)25(22)24-18(4)13-17(3)14-19(24)5/h7-10,13-15H,6,11-12H2,1-5H3. The van der Waals surface area contributed by atoms with E-state index >= 15 is 0 Å². The molecule has 162 valence electrons. The van der Waals surface area contributed by atoms with Crippen LogP contribution < -0.4 is 10.4 Å². The molecule has 3 rings (SSSR count). The van der Waals surface area contributed by atoms with E-state index in [9.17, 15) is 9.59 Å². The van der Waals surface area contributed by atoms with Crippen molar-refractivity contribution in [2.24, 2.45) is 0 Å². The summed E-state index contributed by atoms with van der Waals surface area (Å²) in [7, 11) is 0. The van der Waals surface area contributed by atoms with Crippen molar-refractivity contribution in [3.05, 3.63) is 80.9 Å². The normalized spacial score (nSPS) is 10.9. The number of rotatable bonds is 7. The molecule has 0 bridgehead atoms. The van der Waals surface area contributed by atoms with E-state index in [0.29, 0.717) is 17.7 Å². The van der Waals surface area contributed by atoms with Crippen LogP contribution in [0, 0.1) is 27.7 Å². The molecule has 31 heavy (non-hydrogen) atoms. The molecule has 0 amide bonds. The number of carbonyl (C=O) groups is 1. The van der Waals surface area contributed by atoms with Gasteiger partial charge in [-0.05, 0) is 56.5 Å². The topological polar surface area (TPSA) is 56.5 Å². The summed E-state index contributed by atoms with van der Waals surface area (Å²) in [6, 6.07) is 14.0. The number of benzene rings is 2. The molecule has 1 aromatic heterocycles. The first-order valence-corrected chi connectivity index (χ1v) is 11.4. The van der Waals surface area contributed by atoms with Crippen LogP contribution in [0.15, 0.2) is 56.6 Å². The first kappa shape index (κ1) is 22.9. The van der Waals surface area contributed by atoms with Gasteiger partial charge in [0.05, 0.1) is 0 Å². The highest BCUT2D eigenvalue weighted by molar-refractivity contribution is 7.99. The van der Waals surface area contributed by atoms with Crippen LogP contribution in [-0.4, -0.2) is 11.7 Å². The van der Waals surface area contributed by atoms with Crippen LogP contribution >= 0.6 is 11.8 Å². The molecule has 0 aliphatic heterocycles. The Hall–Kier alpha value is -2.79. The van der Waals surface area contributed by atoms with Crippen LogP contribution in [0.3, 0.4) is 0 Å². The molecule has 0 saturated heterocycles. The van der Waals surface area contributed by atoms with Crippen LogP contribution in [0.2, 0.25) is 0 Å². The highest BCUT2D eigenvalue weighted by atomic mass is 32.2. The maximum atomic E-state index is 13.0. The summed E-state index contributed by atoms with van der Waals surface area (Å²) >= 11 is 1.69. The number of aryl methyl sites for hydroxylation is 5. The third-order valence-electron chi connectivity index (χ3n) is 5.04. The Morgan fingerprint density at radius 1 is 0.935 bits per heavy atom. The average molecular weight is 437 g/mol. The predicted molar refractivity (Wildman–Crippen MR) is 126 cm³/mol. The van der Waals surface area contributed by atoms with Gasteiger partial charge in [0, 0.05) is 29.6 Å². The first-order valence-electron chi connectivity index (χ1n) is 10.4. The third kappa shape index (κ3) is 5.67. The molecule has 4 nitrogen and oxygen atoms in total. The summed E-state index contributed by atoms with van der Waals surface area (Å²) in [4.78, 5) is 26.3. The number of thioether (sulfide) groups is 1. The Bertz CT molecular complexity index is 1120. The molecule has 0 unspecified atom stereocenters. The SMILES string of the molecule is CCC(=O)Oc1cc(CCSc2ccc(C)cc2)oc(=O)c1-c1c(C)cc(C)cc1C. The molecule has 0 aliphatic carbocycles. The van der Waals surface area contributed by atoms with Gasteiger partial charge in [0.1, 0.15) is 17.1 Å². The predicted octanol–water partition coefficient (Wildman–Crippen LogP) is 6.19. The summed E-state index contributed by atoms with van der Waals surface area (Å²) < 4.78 is 11.2. The van der Waals surface area contributed by atoms with Gasteiger partial charge in [-0.3, -0.25) is 4.79 Å². The second-order valence-corrected chi connectivity index (χ2v) is 8.92. The number of carbonyl (C=O) groups excluding carboxylic acids is 1. The van der Waals surface area contributed by atoms with E-state index in [0.717, 1.165) is 32.9 Å². The van der Waals surface area contributed by atoms with Crippen molar-refractivity contribution in [3.63, 3.8) is 0 Å². The zero-order valence-corrected chi connectivity index (χ0v) is 19.5. The molecule has 1 heterocycles. The molecule has 3 aromatic rings. The van der Waals surface area contributed by atoms with Gasteiger partial charge in [-0.15, -0.1) is 11.8 Å². The van der Waals surface area contributed by atoms with E-state index in [-0.39, 0.29) is 18.1 Å². The quantitative estimate of drug-likeness (QED) is 0.326. The second-order valence-electron chi connectivity index (χ2n) is 7.75. The lowest BCUT2D eigenvalue weighted by Gasteiger charge is -2.15. The maximum absolute atomic E-state index is 13.0. The fourth-order valence-corrected chi connectivity index (χ4v) is 4.49. The molecule has 2 aromatic carbocycles. The molecule has 0 radical (unpaired) electrons. The molecule has 0 saturated carbocycles. The van der Waals surface area contributed by atoms with Crippen LogP contribution in [0.25, 0.3) is 11.1 Å². The fraction of sp³-hybridized carbons (Fsp3) is 0.308. The summed E-state index contributed by atoms with van der Waals surface area (Å²) in [5, 5.41) is 0. The molecule has 0 spiro atoms.